The first kappa shape index (κ1) is 13.8. The Balaban J connectivity index is 2.20. The molecule has 2 aromatic heterocycles. The number of carboxylic acids is 1. The van der Waals surface area contributed by atoms with E-state index in [0.717, 1.165) is 17.4 Å². The molecule has 0 aliphatic carbocycles. The quantitative estimate of drug-likeness (QED) is 0.881. The van der Waals surface area contributed by atoms with Crippen molar-refractivity contribution in [1.29, 1.82) is 0 Å². The molecular weight excluding hydrogens is 290 g/mol. The number of rotatable bonds is 5. The lowest BCUT2D eigenvalue weighted by atomic mass is 10.3. The highest BCUT2D eigenvalue weighted by molar-refractivity contribution is 7.91. The van der Waals surface area contributed by atoms with Gasteiger partial charge in [0.25, 0.3) is 10.0 Å². The van der Waals surface area contributed by atoms with Gasteiger partial charge in [0.1, 0.15) is 9.97 Å². The third-order valence-electron chi connectivity index (χ3n) is 2.39. The molecular formula is C11H11NO5S2. The Kier molecular flexibility index (Phi) is 3.74. The van der Waals surface area contributed by atoms with Crippen LogP contribution in [0.25, 0.3) is 0 Å². The lowest BCUT2D eigenvalue weighted by molar-refractivity contribution is 0.0697. The highest BCUT2D eigenvalue weighted by Gasteiger charge is 2.22. The summed E-state index contributed by atoms with van der Waals surface area (Å²) in [7, 11) is -3.75. The van der Waals surface area contributed by atoms with E-state index in [9.17, 15) is 13.2 Å². The largest absolute Gasteiger partial charge is 0.478 e. The van der Waals surface area contributed by atoms with Crippen molar-refractivity contribution in [3.05, 3.63) is 41.2 Å². The van der Waals surface area contributed by atoms with E-state index in [1.165, 1.54) is 11.6 Å². The first-order valence-electron chi connectivity index (χ1n) is 5.28. The van der Waals surface area contributed by atoms with E-state index >= 15 is 0 Å². The third kappa shape index (κ3) is 3.03. The number of furan rings is 1. The van der Waals surface area contributed by atoms with E-state index in [4.69, 9.17) is 9.52 Å². The molecule has 2 rings (SSSR count). The van der Waals surface area contributed by atoms with Crippen LogP contribution in [0.1, 0.15) is 29.1 Å². The molecule has 0 radical (unpaired) electrons. The minimum Gasteiger partial charge on any atom is -0.478 e. The fourth-order valence-corrected chi connectivity index (χ4v) is 3.84. The van der Waals surface area contributed by atoms with E-state index in [0.29, 0.717) is 5.76 Å². The van der Waals surface area contributed by atoms with Gasteiger partial charge in [-0.25, -0.2) is 17.9 Å². The molecule has 0 spiro atoms. The van der Waals surface area contributed by atoms with Crippen molar-refractivity contribution in [3.8, 4) is 0 Å². The molecule has 0 fully saturated rings. The second-order valence-electron chi connectivity index (χ2n) is 3.82. The van der Waals surface area contributed by atoms with Crippen molar-refractivity contribution < 1.29 is 22.7 Å². The number of carboxylic acid groups (broad SMARTS) is 1. The zero-order chi connectivity index (χ0) is 14.0. The Morgan fingerprint density at radius 1 is 1.53 bits per heavy atom. The molecule has 2 aromatic rings. The number of hydrogen-bond acceptors (Lipinski definition) is 5. The van der Waals surface area contributed by atoms with Crippen LogP contribution in [-0.4, -0.2) is 19.5 Å². The zero-order valence-corrected chi connectivity index (χ0v) is 11.5. The van der Waals surface area contributed by atoms with Gasteiger partial charge >= 0.3 is 5.97 Å². The number of sulfonamides is 1. The minimum absolute atomic E-state index is 0.0386. The van der Waals surface area contributed by atoms with Crippen molar-refractivity contribution in [3.63, 3.8) is 0 Å². The fourth-order valence-electron chi connectivity index (χ4n) is 1.46. The van der Waals surface area contributed by atoms with E-state index in [1.54, 1.807) is 19.1 Å². The van der Waals surface area contributed by atoms with Gasteiger partial charge in [-0.2, -0.15) is 0 Å². The highest BCUT2D eigenvalue weighted by atomic mass is 32.2. The van der Waals surface area contributed by atoms with Crippen molar-refractivity contribution in [2.75, 3.05) is 0 Å². The van der Waals surface area contributed by atoms with Crippen molar-refractivity contribution in [2.24, 2.45) is 0 Å². The lowest BCUT2D eigenvalue weighted by Gasteiger charge is -2.10. The van der Waals surface area contributed by atoms with Crippen molar-refractivity contribution in [2.45, 2.75) is 17.2 Å². The van der Waals surface area contributed by atoms with Gasteiger partial charge in [-0.3, -0.25) is 0 Å². The maximum atomic E-state index is 12.0. The molecule has 0 aliphatic rings. The Morgan fingerprint density at radius 2 is 2.26 bits per heavy atom. The summed E-state index contributed by atoms with van der Waals surface area (Å²) in [6, 6.07) is 3.91. The molecule has 6 nitrogen and oxygen atoms in total. The Morgan fingerprint density at radius 3 is 2.79 bits per heavy atom. The minimum atomic E-state index is -3.75. The highest BCUT2D eigenvalue weighted by Crippen LogP contribution is 2.23. The monoisotopic (exact) mass is 301 g/mol. The fraction of sp³-hybridized carbons (Fsp3) is 0.182. The molecule has 0 unspecified atom stereocenters. The maximum absolute atomic E-state index is 12.0. The van der Waals surface area contributed by atoms with Crippen LogP contribution in [0, 0.1) is 0 Å². The van der Waals surface area contributed by atoms with Gasteiger partial charge in [0.15, 0.2) is 0 Å². The van der Waals surface area contributed by atoms with Gasteiger partial charge in [-0.05, 0) is 25.1 Å². The van der Waals surface area contributed by atoms with Gasteiger partial charge in [-0.15, -0.1) is 11.3 Å². The third-order valence-corrected chi connectivity index (χ3v) is 5.37. The molecule has 0 aromatic carbocycles. The summed E-state index contributed by atoms with van der Waals surface area (Å²) in [6.07, 6.45) is 1.45. The summed E-state index contributed by atoms with van der Waals surface area (Å²) in [4.78, 5) is 10.7. The summed E-state index contributed by atoms with van der Waals surface area (Å²) >= 11 is 0.862. The van der Waals surface area contributed by atoms with Crippen LogP contribution >= 0.6 is 11.3 Å². The van der Waals surface area contributed by atoms with Crippen LogP contribution in [0.15, 0.2) is 38.5 Å². The summed E-state index contributed by atoms with van der Waals surface area (Å²) in [5, 5.41) is 10.1. The number of hydrogen-bond donors (Lipinski definition) is 2. The van der Waals surface area contributed by atoms with Crippen LogP contribution in [0.3, 0.4) is 0 Å². The summed E-state index contributed by atoms with van der Waals surface area (Å²) in [6.45, 7) is 1.64. The van der Waals surface area contributed by atoms with E-state index in [-0.39, 0.29) is 9.77 Å². The maximum Gasteiger partial charge on any atom is 0.336 e. The van der Waals surface area contributed by atoms with E-state index in [1.807, 2.05) is 0 Å². The average molecular weight is 301 g/mol. The SMILES string of the molecule is C[C@@H](NS(=O)(=O)c1cc(C(=O)O)cs1)c1ccco1. The molecule has 19 heavy (non-hydrogen) atoms. The van der Waals surface area contributed by atoms with Crippen LogP contribution in [0.2, 0.25) is 0 Å². The molecule has 1 atom stereocenters. The molecule has 0 aliphatic heterocycles. The van der Waals surface area contributed by atoms with Gasteiger partial charge in [0.05, 0.1) is 17.9 Å². The second kappa shape index (κ2) is 5.16. The molecule has 8 heteroatoms. The summed E-state index contributed by atoms with van der Waals surface area (Å²) in [5.74, 6) is -0.671. The van der Waals surface area contributed by atoms with Crippen LogP contribution in [-0.2, 0) is 10.0 Å². The van der Waals surface area contributed by atoms with Gasteiger partial charge in [-0.1, -0.05) is 0 Å². The number of nitrogens with one attached hydrogen (secondary N) is 1. The zero-order valence-electron chi connectivity index (χ0n) is 9.86. The molecule has 0 saturated carbocycles. The number of carbonyl (C=O) groups is 1. The Labute approximate surface area is 113 Å². The Bertz CT molecular complexity index is 672. The molecule has 0 saturated heterocycles. The topological polar surface area (TPSA) is 96.6 Å². The molecule has 2 heterocycles. The predicted octanol–water partition coefficient (Wildman–Crippen LogP) is 2.08. The standard InChI is InChI=1S/C11H11NO5S2/c1-7(9-3-2-4-17-9)12-19(15,16)10-5-8(6-18-10)11(13)14/h2-7,12H,1H3,(H,13,14)/t7-/m1/s1. The van der Waals surface area contributed by atoms with E-state index < -0.39 is 22.0 Å². The smallest absolute Gasteiger partial charge is 0.336 e. The summed E-state index contributed by atoms with van der Waals surface area (Å²) < 4.78 is 31.6. The predicted molar refractivity (Wildman–Crippen MR) is 68.7 cm³/mol. The average Bonchev–Trinajstić information content (AvgIpc) is 3.00. The number of thiophene rings is 1. The molecule has 102 valence electrons. The first-order valence-corrected chi connectivity index (χ1v) is 7.64. The lowest BCUT2D eigenvalue weighted by Crippen LogP contribution is -2.25. The van der Waals surface area contributed by atoms with Crippen molar-refractivity contribution in [1.82, 2.24) is 4.72 Å². The van der Waals surface area contributed by atoms with Gasteiger partial charge in [0.2, 0.25) is 0 Å². The molecule has 2 N–H and O–H groups in total. The summed E-state index contributed by atoms with van der Waals surface area (Å²) in [5.41, 5.74) is -0.0453. The molecule has 0 amide bonds. The van der Waals surface area contributed by atoms with Gasteiger partial charge in [0, 0.05) is 5.38 Å². The van der Waals surface area contributed by atoms with Crippen LogP contribution in [0.4, 0.5) is 0 Å². The normalized spacial score (nSPS) is 13.3. The second-order valence-corrected chi connectivity index (χ2v) is 6.67. The molecule has 0 bridgehead atoms. The van der Waals surface area contributed by atoms with Crippen LogP contribution < -0.4 is 4.72 Å². The Hall–Kier alpha value is -1.64. The van der Waals surface area contributed by atoms with Crippen LogP contribution in [0.5, 0.6) is 0 Å². The van der Waals surface area contributed by atoms with Crippen molar-refractivity contribution >= 4 is 27.3 Å². The number of aromatic carboxylic acids is 1. The first-order chi connectivity index (χ1) is 8.90. The van der Waals surface area contributed by atoms with Gasteiger partial charge < -0.3 is 9.52 Å². The van der Waals surface area contributed by atoms with E-state index in [2.05, 4.69) is 4.72 Å².